The Morgan fingerprint density at radius 1 is 1.16 bits per heavy atom. The van der Waals surface area contributed by atoms with Crippen molar-refractivity contribution in [1.29, 1.82) is 0 Å². The zero-order valence-corrected chi connectivity index (χ0v) is 17.7. The third kappa shape index (κ3) is 3.80. The number of nitrogens with one attached hydrogen (secondary N) is 1. The molecule has 1 atom stereocenters. The van der Waals surface area contributed by atoms with Crippen molar-refractivity contribution < 1.29 is 29.5 Å². The molecule has 162 valence electrons. The lowest BCUT2D eigenvalue weighted by Gasteiger charge is -2.27. The Hall–Kier alpha value is -4.13. The molecule has 2 aromatic carbocycles. The van der Waals surface area contributed by atoms with Gasteiger partial charge in [-0.05, 0) is 53.9 Å². The second-order valence-electron chi connectivity index (χ2n) is 7.59. The van der Waals surface area contributed by atoms with Crippen molar-refractivity contribution in [1.82, 2.24) is 4.90 Å². The summed E-state index contributed by atoms with van der Waals surface area (Å²) in [5.41, 5.74) is 2.22. The number of Topliss-reactive ketones (excluding diaryl/α,β-unsaturated/α-hetero) is 1. The van der Waals surface area contributed by atoms with Gasteiger partial charge in [-0.2, -0.15) is 0 Å². The maximum atomic E-state index is 13.5. The normalized spacial score (nSPS) is 17.6. The Balaban J connectivity index is 1.87. The highest BCUT2D eigenvalue weighted by Crippen LogP contribution is 2.40. The van der Waals surface area contributed by atoms with Gasteiger partial charge in [0.15, 0.2) is 12.4 Å². The van der Waals surface area contributed by atoms with E-state index in [4.69, 9.17) is 4.74 Å². The summed E-state index contributed by atoms with van der Waals surface area (Å²) in [5, 5.41) is 23.2. The molecule has 3 aromatic rings. The second-order valence-corrected chi connectivity index (χ2v) is 7.59. The van der Waals surface area contributed by atoms with Crippen LogP contribution in [0.15, 0.2) is 72.6 Å². The molecule has 2 heterocycles. The fraction of sp³-hybridized carbons (Fsp3) is 0.160. The number of hydrogen-bond donors (Lipinski definition) is 1. The lowest BCUT2D eigenvalue weighted by atomic mass is 9.93. The maximum Gasteiger partial charge on any atom is 0.295 e. The Morgan fingerprint density at radius 3 is 2.53 bits per heavy atom. The van der Waals surface area contributed by atoms with E-state index in [2.05, 4.69) is 4.98 Å². The van der Waals surface area contributed by atoms with Gasteiger partial charge < -0.3 is 19.8 Å². The molecule has 1 unspecified atom stereocenters. The van der Waals surface area contributed by atoms with Gasteiger partial charge >= 0.3 is 0 Å². The van der Waals surface area contributed by atoms with Crippen LogP contribution in [0.3, 0.4) is 0 Å². The number of H-pyrrole nitrogens is 1. The van der Waals surface area contributed by atoms with Gasteiger partial charge in [-0.15, -0.1) is 0 Å². The fourth-order valence-corrected chi connectivity index (χ4v) is 3.93. The first-order valence-corrected chi connectivity index (χ1v) is 10.1. The number of nitrogens with zero attached hydrogens (tertiary/aromatic N) is 1. The van der Waals surface area contributed by atoms with E-state index < -0.39 is 23.5 Å². The van der Waals surface area contributed by atoms with Crippen molar-refractivity contribution in [2.24, 2.45) is 0 Å². The topological polar surface area (TPSA) is 104 Å². The summed E-state index contributed by atoms with van der Waals surface area (Å²) in [6.45, 7) is 1.90. The highest BCUT2D eigenvalue weighted by atomic mass is 16.5. The Bertz CT molecular complexity index is 1200. The number of rotatable bonds is 5. The SMILES string of the molecule is COc1ccc(/C([O-])=C2\C(=O)C(=O)N(Cc3ccc[nH+]c3)C2c2ccc(O)cc2)c(C)c1. The molecule has 7 nitrogen and oxygen atoms in total. The molecule has 32 heavy (non-hydrogen) atoms. The van der Waals surface area contributed by atoms with E-state index in [0.717, 1.165) is 5.56 Å². The zero-order valence-electron chi connectivity index (χ0n) is 17.7. The standard InChI is InChI=1S/C25H22N2O5/c1-15-12-19(32-2)9-10-20(15)23(29)21-22(17-5-7-18(28)8-6-17)27(25(31)24(21)30)14-16-4-3-11-26-13-16/h3-13,22,28-29H,14H2,1-2H3/b23-21+. The molecular weight excluding hydrogens is 408 g/mol. The Morgan fingerprint density at radius 2 is 1.91 bits per heavy atom. The third-order valence-corrected chi connectivity index (χ3v) is 5.54. The number of phenolic OH excluding ortho intramolecular Hbond substituents is 1. The largest absolute Gasteiger partial charge is 0.872 e. The van der Waals surface area contributed by atoms with Gasteiger partial charge in [0.25, 0.3) is 5.91 Å². The first-order chi connectivity index (χ1) is 15.4. The molecule has 1 saturated heterocycles. The molecule has 4 rings (SSSR count). The minimum absolute atomic E-state index is 0.0486. The van der Waals surface area contributed by atoms with E-state index >= 15 is 0 Å². The summed E-state index contributed by atoms with van der Waals surface area (Å²) in [7, 11) is 1.53. The summed E-state index contributed by atoms with van der Waals surface area (Å²) in [6.07, 6.45) is 3.48. The minimum atomic E-state index is -0.871. The van der Waals surface area contributed by atoms with Gasteiger partial charge in [0.05, 0.1) is 19.7 Å². The van der Waals surface area contributed by atoms with Crippen molar-refractivity contribution in [3.8, 4) is 11.5 Å². The third-order valence-electron chi connectivity index (χ3n) is 5.54. The summed E-state index contributed by atoms with van der Waals surface area (Å²) in [4.78, 5) is 30.4. The van der Waals surface area contributed by atoms with E-state index in [1.807, 2.05) is 6.07 Å². The summed E-state index contributed by atoms with van der Waals surface area (Å²) in [5.74, 6) is -1.41. The number of aromatic nitrogens is 1. The highest BCUT2D eigenvalue weighted by molar-refractivity contribution is 6.46. The first-order valence-electron chi connectivity index (χ1n) is 10.1. The number of carbonyl (C=O) groups excluding carboxylic acids is 2. The molecular formula is C25H22N2O5. The number of hydrogen-bond acceptors (Lipinski definition) is 5. The molecule has 1 aliphatic rings. The van der Waals surface area contributed by atoms with Crippen molar-refractivity contribution in [3.63, 3.8) is 0 Å². The van der Waals surface area contributed by atoms with Crippen LogP contribution in [0.25, 0.3) is 5.76 Å². The van der Waals surface area contributed by atoms with Crippen LogP contribution in [0.2, 0.25) is 0 Å². The maximum absolute atomic E-state index is 13.5. The lowest BCUT2D eigenvalue weighted by Crippen LogP contribution is -2.29. The van der Waals surface area contributed by atoms with E-state index in [1.165, 1.54) is 24.1 Å². The molecule has 0 radical (unpaired) electrons. The van der Waals surface area contributed by atoms with Gasteiger partial charge in [0.1, 0.15) is 11.5 Å². The summed E-state index contributed by atoms with van der Waals surface area (Å²) >= 11 is 0. The molecule has 1 fully saturated rings. The molecule has 2 N–H and O–H groups in total. The average molecular weight is 430 g/mol. The fourth-order valence-electron chi connectivity index (χ4n) is 3.93. The monoisotopic (exact) mass is 430 g/mol. The Labute approximate surface area is 185 Å². The number of ether oxygens (including phenoxy) is 1. The number of carbonyl (C=O) groups is 2. The molecule has 1 aliphatic heterocycles. The van der Waals surface area contributed by atoms with Crippen LogP contribution in [0.1, 0.15) is 28.3 Å². The number of aromatic amines is 1. The van der Waals surface area contributed by atoms with Crippen LogP contribution in [0, 0.1) is 6.92 Å². The van der Waals surface area contributed by atoms with Gasteiger partial charge in [0.2, 0.25) is 5.78 Å². The van der Waals surface area contributed by atoms with Crippen LogP contribution in [0.5, 0.6) is 11.5 Å². The summed E-state index contributed by atoms with van der Waals surface area (Å²) < 4.78 is 5.20. The predicted molar refractivity (Wildman–Crippen MR) is 114 cm³/mol. The molecule has 1 aromatic heterocycles. The van der Waals surface area contributed by atoms with Crippen LogP contribution >= 0.6 is 0 Å². The van der Waals surface area contributed by atoms with Crippen LogP contribution < -0.4 is 14.8 Å². The number of likely N-dealkylation sites (tertiary alicyclic amines) is 1. The molecule has 0 bridgehead atoms. The van der Waals surface area contributed by atoms with Gasteiger partial charge in [-0.1, -0.05) is 24.0 Å². The molecule has 1 amide bonds. The van der Waals surface area contributed by atoms with Gasteiger partial charge in [-0.3, -0.25) is 9.59 Å². The van der Waals surface area contributed by atoms with Crippen molar-refractivity contribution >= 4 is 17.4 Å². The number of amides is 1. The van der Waals surface area contributed by atoms with Crippen molar-refractivity contribution in [2.75, 3.05) is 7.11 Å². The van der Waals surface area contributed by atoms with E-state index in [0.29, 0.717) is 22.4 Å². The second kappa shape index (κ2) is 8.55. The van der Waals surface area contributed by atoms with E-state index in [-0.39, 0.29) is 17.9 Å². The molecule has 7 heteroatoms. The Kier molecular flexibility index (Phi) is 5.64. The van der Waals surface area contributed by atoms with E-state index in [9.17, 15) is 19.8 Å². The number of phenols is 1. The van der Waals surface area contributed by atoms with Crippen molar-refractivity contribution in [3.05, 3.63) is 94.8 Å². The molecule has 0 aliphatic carbocycles. The quantitative estimate of drug-likeness (QED) is 0.379. The smallest absolute Gasteiger partial charge is 0.295 e. The summed E-state index contributed by atoms with van der Waals surface area (Å²) in [6, 6.07) is 13.9. The number of aryl methyl sites for hydroxylation is 1. The van der Waals surface area contributed by atoms with Gasteiger partial charge in [-0.25, -0.2) is 4.98 Å². The number of pyridine rings is 1. The number of benzene rings is 2. The van der Waals surface area contributed by atoms with E-state index in [1.54, 1.807) is 55.7 Å². The lowest BCUT2D eigenvalue weighted by molar-refractivity contribution is -0.378. The molecule has 0 saturated carbocycles. The number of ketones is 1. The van der Waals surface area contributed by atoms with Gasteiger partial charge in [0, 0.05) is 17.2 Å². The average Bonchev–Trinajstić information content (AvgIpc) is 3.04. The zero-order chi connectivity index (χ0) is 22.8. The van der Waals surface area contributed by atoms with Crippen molar-refractivity contribution in [2.45, 2.75) is 19.5 Å². The minimum Gasteiger partial charge on any atom is -0.872 e. The van der Waals surface area contributed by atoms with Crippen LogP contribution in [-0.4, -0.2) is 28.8 Å². The van der Waals surface area contributed by atoms with Crippen LogP contribution in [0.4, 0.5) is 0 Å². The number of methoxy groups -OCH3 is 1. The predicted octanol–water partition coefficient (Wildman–Crippen LogP) is 1.95. The number of aromatic hydroxyl groups is 1. The molecule has 0 spiro atoms. The highest BCUT2D eigenvalue weighted by Gasteiger charge is 2.44. The van der Waals surface area contributed by atoms with Crippen LogP contribution in [-0.2, 0) is 16.1 Å². The first kappa shape index (κ1) is 21.1.